The standard InChI is InChI=1S/C58H36N2/c1-3-15-42(16-4-1)59-54-23-9-7-19-46(54)52-35-39(26-31-56(52)59)37-13-11-14-41(33-37)44-29-30-50-45-28-25-38(34-51(45)49-22-12-21-48(44)58(49)50)40-27-32-57-53(36-40)47-20-8-10-24-55(47)60(57)43-17-5-2-6-18-43/h1-36H. The summed E-state index contributed by atoms with van der Waals surface area (Å²) < 4.78 is 4.76. The van der Waals surface area contributed by atoms with Gasteiger partial charge in [-0.05, 0) is 139 Å². The van der Waals surface area contributed by atoms with Crippen molar-refractivity contribution in [3.05, 3.63) is 218 Å². The fourth-order valence-corrected chi connectivity index (χ4v) is 10.2. The molecule has 0 saturated carbocycles. The third-order valence-corrected chi connectivity index (χ3v) is 12.9. The van der Waals surface area contributed by atoms with Crippen LogP contribution in [0.4, 0.5) is 0 Å². The van der Waals surface area contributed by atoms with Crippen LogP contribution in [0.5, 0.6) is 0 Å². The van der Waals surface area contributed by atoms with Crippen LogP contribution in [0.25, 0.3) is 121 Å². The number of hydrogen-bond acceptors (Lipinski definition) is 0. The highest BCUT2D eigenvalue weighted by atomic mass is 15.0. The van der Waals surface area contributed by atoms with Crippen LogP contribution in [0.15, 0.2) is 218 Å². The molecule has 2 heterocycles. The molecule has 2 nitrogen and oxygen atoms in total. The van der Waals surface area contributed by atoms with E-state index in [4.69, 9.17) is 0 Å². The zero-order chi connectivity index (χ0) is 39.3. The van der Waals surface area contributed by atoms with Crippen LogP contribution in [0, 0.1) is 0 Å². The van der Waals surface area contributed by atoms with Gasteiger partial charge in [-0.2, -0.15) is 0 Å². The summed E-state index contributed by atoms with van der Waals surface area (Å²) in [5, 5.41) is 7.69. The summed E-state index contributed by atoms with van der Waals surface area (Å²) in [4.78, 5) is 0. The smallest absolute Gasteiger partial charge is 0.0541 e. The number of nitrogens with zero attached hydrogens (tertiary/aromatic N) is 2. The molecule has 0 amide bonds. The summed E-state index contributed by atoms with van der Waals surface area (Å²) in [6.07, 6.45) is 0. The lowest BCUT2D eigenvalue weighted by molar-refractivity contribution is 1.18. The van der Waals surface area contributed by atoms with Crippen molar-refractivity contribution in [1.29, 1.82) is 0 Å². The molecule has 278 valence electrons. The topological polar surface area (TPSA) is 9.86 Å². The summed E-state index contributed by atoms with van der Waals surface area (Å²) in [6, 6.07) is 80.4. The fourth-order valence-electron chi connectivity index (χ4n) is 10.2. The normalized spacial score (nSPS) is 12.0. The van der Waals surface area contributed by atoms with E-state index >= 15 is 0 Å². The van der Waals surface area contributed by atoms with Crippen molar-refractivity contribution >= 4 is 54.4 Å². The highest BCUT2D eigenvalue weighted by molar-refractivity contribution is 6.19. The Bertz CT molecular complexity index is 3700. The van der Waals surface area contributed by atoms with Gasteiger partial charge in [-0.1, -0.05) is 146 Å². The van der Waals surface area contributed by atoms with Crippen LogP contribution < -0.4 is 0 Å². The second-order valence-electron chi connectivity index (χ2n) is 16.1. The van der Waals surface area contributed by atoms with Gasteiger partial charge in [0.25, 0.3) is 0 Å². The zero-order valence-electron chi connectivity index (χ0n) is 32.7. The summed E-state index contributed by atoms with van der Waals surface area (Å²) in [6.45, 7) is 0. The lowest BCUT2D eigenvalue weighted by atomic mass is 9.92. The summed E-state index contributed by atoms with van der Waals surface area (Å²) >= 11 is 0. The molecule has 0 spiro atoms. The van der Waals surface area contributed by atoms with Crippen LogP contribution in [-0.2, 0) is 0 Å². The van der Waals surface area contributed by atoms with Crippen molar-refractivity contribution in [2.45, 2.75) is 0 Å². The first-order chi connectivity index (χ1) is 29.8. The van der Waals surface area contributed by atoms with E-state index < -0.39 is 0 Å². The van der Waals surface area contributed by atoms with Gasteiger partial charge in [-0.3, -0.25) is 0 Å². The van der Waals surface area contributed by atoms with Crippen LogP contribution in [0.2, 0.25) is 0 Å². The Morgan fingerprint density at radius 1 is 0.217 bits per heavy atom. The number of benzene rings is 10. The minimum absolute atomic E-state index is 1.17. The number of para-hydroxylation sites is 4. The first kappa shape index (κ1) is 33.1. The van der Waals surface area contributed by atoms with E-state index in [0.717, 1.165) is 0 Å². The minimum atomic E-state index is 1.17. The van der Waals surface area contributed by atoms with Crippen molar-refractivity contribution in [2.75, 3.05) is 0 Å². The maximum atomic E-state index is 2.41. The molecule has 2 aromatic heterocycles. The molecule has 0 saturated heterocycles. The maximum Gasteiger partial charge on any atom is 0.0541 e. The second-order valence-corrected chi connectivity index (χ2v) is 16.1. The van der Waals surface area contributed by atoms with Crippen LogP contribution >= 0.6 is 0 Å². The molecular weight excluding hydrogens is 725 g/mol. The molecular formula is C58H36N2. The van der Waals surface area contributed by atoms with E-state index in [-0.39, 0.29) is 0 Å². The van der Waals surface area contributed by atoms with Gasteiger partial charge in [0, 0.05) is 32.9 Å². The Morgan fingerprint density at radius 3 is 1.32 bits per heavy atom. The number of aromatic nitrogens is 2. The van der Waals surface area contributed by atoms with E-state index in [1.807, 2.05) is 0 Å². The highest BCUT2D eigenvalue weighted by Crippen LogP contribution is 2.51. The second kappa shape index (κ2) is 12.8. The maximum absolute atomic E-state index is 2.41. The Labute approximate surface area is 347 Å². The monoisotopic (exact) mass is 760 g/mol. The molecule has 60 heavy (non-hydrogen) atoms. The molecule has 0 radical (unpaired) electrons. The van der Waals surface area contributed by atoms with E-state index in [1.54, 1.807) is 0 Å². The van der Waals surface area contributed by atoms with E-state index in [2.05, 4.69) is 228 Å². The van der Waals surface area contributed by atoms with E-state index in [0.29, 0.717) is 0 Å². The van der Waals surface area contributed by atoms with Crippen LogP contribution in [-0.4, -0.2) is 9.13 Å². The Balaban J connectivity index is 0.897. The van der Waals surface area contributed by atoms with Crippen molar-refractivity contribution in [1.82, 2.24) is 9.13 Å². The van der Waals surface area contributed by atoms with Gasteiger partial charge in [-0.25, -0.2) is 0 Å². The first-order valence-corrected chi connectivity index (χ1v) is 20.8. The summed E-state index contributed by atoms with van der Waals surface area (Å²) in [5.41, 5.74) is 19.8. The van der Waals surface area contributed by atoms with Crippen LogP contribution in [0.1, 0.15) is 0 Å². The molecule has 0 atom stereocenters. The Hall–Kier alpha value is -7.94. The van der Waals surface area contributed by atoms with E-state index in [9.17, 15) is 0 Å². The van der Waals surface area contributed by atoms with Gasteiger partial charge in [-0.15, -0.1) is 0 Å². The van der Waals surface area contributed by atoms with Crippen molar-refractivity contribution in [3.8, 4) is 67.0 Å². The predicted molar refractivity (Wildman–Crippen MR) is 253 cm³/mol. The zero-order valence-corrected chi connectivity index (χ0v) is 32.7. The Kier molecular flexibility index (Phi) is 7.05. The van der Waals surface area contributed by atoms with Crippen molar-refractivity contribution in [3.63, 3.8) is 0 Å². The third-order valence-electron chi connectivity index (χ3n) is 12.9. The molecule has 10 aromatic carbocycles. The molecule has 1 aliphatic carbocycles. The molecule has 0 unspecified atom stereocenters. The van der Waals surface area contributed by atoms with Gasteiger partial charge in [0.15, 0.2) is 0 Å². The summed E-state index contributed by atoms with van der Waals surface area (Å²) in [7, 11) is 0. The van der Waals surface area contributed by atoms with Gasteiger partial charge < -0.3 is 9.13 Å². The average Bonchev–Trinajstić information content (AvgIpc) is 3.95. The quantitative estimate of drug-likeness (QED) is 0.165. The molecule has 12 aromatic rings. The van der Waals surface area contributed by atoms with E-state index in [1.165, 1.54) is 121 Å². The SMILES string of the molecule is c1ccc(-n2c3ccccc3c3cc(-c4cccc(-c5ccc6c7c(cccc57)-c5cc(-c7ccc8c(c7)c7ccccc7n8-c7ccccc7)ccc5-6)c4)ccc32)cc1. The minimum Gasteiger partial charge on any atom is -0.309 e. The average molecular weight is 761 g/mol. The number of rotatable bonds is 5. The lowest BCUT2D eigenvalue weighted by Gasteiger charge is -2.12. The molecule has 1 aliphatic rings. The highest BCUT2D eigenvalue weighted by Gasteiger charge is 2.24. The molecule has 0 bridgehead atoms. The lowest BCUT2D eigenvalue weighted by Crippen LogP contribution is -1.92. The molecule has 0 aliphatic heterocycles. The fraction of sp³-hybridized carbons (Fsp3) is 0. The van der Waals surface area contributed by atoms with Gasteiger partial charge >= 0.3 is 0 Å². The van der Waals surface area contributed by atoms with Gasteiger partial charge in [0.05, 0.1) is 22.1 Å². The molecule has 13 rings (SSSR count). The molecule has 0 fully saturated rings. The largest absolute Gasteiger partial charge is 0.309 e. The Morgan fingerprint density at radius 2 is 0.667 bits per heavy atom. The van der Waals surface area contributed by atoms with Crippen LogP contribution in [0.3, 0.4) is 0 Å². The van der Waals surface area contributed by atoms with Gasteiger partial charge in [0.1, 0.15) is 0 Å². The summed E-state index contributed by atoms with van der Waals surface area (Å²) in [5.74, 6) is 0. The van der Waals surface area contributed by atoms with Crippen molar-refractivity contribution < 1.29 is 0 Å². The number of fused-ring (bicyclic) bond motifs is 9. The predicted octanol–water partition coefficient (Wildman–Crippen LogP) is 15.7. The number of hydrogen-bond donors (Lipinski definition) is 0. The van der Waals surface area contributed by atoms with Gasteiger partial charge in [0.2, 0.25) is 0 Å². The first-order valence-electron chi connectivity index (χ1n) is 20.8. The molecule has 0 N–H and O–H groups in total. The van der Waals surface area contributed by atoms with Crippen molar-refractivity contribution in [2.24, 2.45) is 0 Å². The molecule has 2 heteroatoms. The third kappa shape index (κ3) is 4.82.